The number of halogens is 1. The number of hydrogen-bond acceptors (Lipinski definition) is 5. The first-order chi connectivity index (χ1) is 11.8. The van der Waals surface area contributed by atoms with E-state index in [1.54, 1.807) is 17.5 Å². The Morgan fingerprint density at radius 1 is 1.25 bits per heavy atom. The molecule has 4 rings (SSSR count). The lowest BCUT2D eigenvalue weighted by molar-refractivity contribution is 0.473. The van der Waals surface area contributed by atoms with E-state index in [1.165, 1.54) is 0 Å². The van der Waals surface area contributed by atoms with Gasteiger partial charge in [-0.3, -0.25) is 0 Å². The molecule has 1 atom stereocenters. The summed E-state index contributed by atoms with van der Waals surface area (Å²) in [7, 11) is 0. The number of rotatable bonds is 4. The number of pyridine rings is 1. The van der Waals surface area contributed by atoms with E-state index in [0.29, 0.717) is 10.9 Å². The Morgan fingerprint density at radius 2 is 2.21 bits per heavy atom. The van der Waals surface area contributed by atoms with Crippen LogP contribution in [0.3, 0.4) is 0 Å². The van der Waals surface area contributed by atoms with Crippen LogP contribution in [-0.4, -0.2) is 32.6 Å². The van der Waals surface area contributed by atoms with Crippen molar-refractivity contribution in [2.45, 2.75) is 25.3 Å². The highest BCUT2D eigenvalue weighted by atomic mass is 35.5. The van der Waals surface area contributed by atoms with Gasteiger partial charge < -0.3 is 9.47 Å². The zero-order valence-corrected chi connectivity index (χ0v) is 14.7. The number of hydrogen-bond donors (Lipinski definition) is 0. The van der Waals surface area contributed by atoms with Crippen LogP contribution in [0.5, 0.6) is 0 Å². The summed E-state index contributed by atoms with van der Waals surface area (Å²) >= 11 is 7.58. The minimum Gasteiger partial charge on any atom is -0.356 e. The number of nitrogens with zero attached hydrogens (tertiary/aromatic N) is 5. The highest BCUT2D eigenvalue weighted by Crippen LogP contribution is 2.29. The third kappa shape index (κ3) is 3.30. The van der Waals surface area contributed by atoms with Gasteiger partial charge in [0.25, 0.3) is 0 Å². The Bertz CT molecular complexity index is 784. The van der Waals surface area contributed by atoms with Gasteiger partial charge in [0, 0.05) is 43.0 Å². The molecule has 3 aromatic rings. The van der Waals surface area contributed by atoms with Crippen molar-refractivity contribution >= 4 is 28.8 Å². The smallest absolute Gasteiger partial charge is 0.128 e. The molecule has 0 saturated carbocycles. The van der Waals surface area contributed by atoms with E-state index in [9.17, 15) is 0 Å². The highest BCUT2D eigenvalue weighted by Gasteiger charge is 2.25. The van der Waals surface area contributed by atoms with Crippen molar-refractivity contribution < 1.29 is 0 Å². The first-order valence-corrected chi connectivity index (χ1v) is 9.36. The predicted molar refractivity (Wildman–Crippen MR) is 96.9 cm³/mol. The third-order valence-corrected chi connectivity index (χ3v) is 5.24. The van der Waals surface area contributed by atoms with E-state index in [0.717, 1.165) is 49.8 Å². The molecule has 7 heteroatoms. The summed E-state index contributed by atoms with van der Waals surface area (Å²) in [5, 5.41) is 2.76. The lowest BCUT2D eigenvalue weighted by Gasteiger charge is -2.33. The van der Waals surface area contributed by atoms with Gasteiger partial charge in [0.1, 0.15) is 11.6 Å². The molecule has 1 fully saturated rings. The minimum atomic E-state index is 0.407. The zero-order chi connectivity index (χ0) is 16.4. The standard InChI is InChI=1S/C17H18ClN5S/c18-14-3-4-16(20-8-14)22-6-1-2-13(9-22)17-19-5-7-23(17)10-15-11-24-12-21-15/h3-5,7-8,11-13H,1-2,6,9-10H2. The van der Waals surface area contributed by atoms with Gasteiger partial charge in [-0.25, -0.2) is 15.0 Å². The van der Waals surface area contributed by atoms with Gasteiger partial charge in [-0.1, -0.05) is 11.6 Å². The third-order valence-electron chi connectivity index (χ3n) is 4.39. The van der Waals surface area contributed by atoms with Crippen molar-refractivity contribution in [3.63, 3.8) is 0 Å². The van der Waals surface area contributed by atoms with Crippen LogP contribution in [0.2, 0.25) is 5.02 Å². The van der Waals surface area contributed by atoms with E-state index in [4.69, 9.17) is 11.6 Å². The summed E-state index contributed by atoms with van der Waals surface area (Å²) in [6.07, 6.45) is 7.94. The quantitative estimate of drug-likeness (QED) is 0.710. The molecule has 1 unspecified atom stereocenters. The van der Waals surface area contributed by atoms with Crippen molar-refractivity contribution in [3.8, 4) is 0 Å². The van der Waals surface area contributed by atoms with E-state index in [-0.39, 0.29) is 0 Å². The van der Waals surface area contributed by atoms with Crippen molar-refractivity contribution in [1.82, 2.24) is 19.5 Å². The molecule has 1 aliphatic rings. The van der Waals surface area contributed by atoms with Gasteiger partial charge >= 0.3 is 0 Å². The van der Waals surface area contributed by atoms with Crippen LogP contribution >= 0.6 is 22.9 Å². The molecule has 1 saturated heterocycles. The van der Waals surface area contributed by atoms with Crippen LogP contribution in [0.4, 0.5) is 5.82 Å². The molecular weight excluding hydrogens is 342 g/mol. The van der Waals surface area contributed by atoms with Crippen LogP contribution in [0.1, 0.15) is 30.3 Å². The largest absolute Gasteiger partial charge is 0.356 e. The lowest BCUT2D eigenvalue weighted by Crippen LogP contribution is -2.35. The first-order valence-electron chi connectivity index (χ1n) is 8.04. The average Bonchev–Trinajstić information content (AvgIpc) is 3.28. The van der Waals surface area contributed by atoms with Gasteiger partial charge in [-0.05, 0) is 25.0 Å². The topological polar surface area (TPSA) is 46.8 Å². The van der Waals surface area contributed by atoms with Crippen LogP contribution in [-0.2, 0) is 6.54 Å². The van der Waals surface area contributed by atoms with Gasteiger partial charge in [0.15, 0.2) is 0 Å². The summed E-state index contributed by atoms with van der Waals surface area (Å²) in [5.74, 6) is 2.54. The molecule has 0 bridgehead atoms. The molecule has 0 N–H and O–H groups in total. The minimum absolute atomic E-state index is 0.407. The molecule has 0 aromatic carbocycles. The van der Waals surface area contributed by atoms with Gasteiger partial charge in [-0.15, -0.1) is 11.3 Å². The van der Waals surface area contributed by atoms with Crippen LogP contribution in [0.15, 0.2) is 41.6 Å². The second kappa shape index (κ2) is 6.91. The monoisotopic (exact) mass is 359 g/mol. The van der Waals surface area contributed by atoms with E-state index < -0.39 is 0 Å². The maximum atomic E-state index is 5.95. The highest BCUT2D eigenvalue weighted by molar-refractivity contribution is 7.07. The molecule has 24 heavy (non-hydrogen) atoms. The number of imidazole rings is 1. The Hall–Kier alpha value is -1.92. The van der Waals surface area contributed by atoms with Crippen molar-refractivity contribution in [2.75, 3.05) is 18.0 Å². The molecule has 1 aliphatic heterocycles. The van der Waals surface area contributed by atoms with E-state index in [1.807, 2.05) is 30.0 Å². The molecule has 0 aliphatic carbocycles. The maximum Gasteiger partial charge on any atom is 0.128 e. The Morgan fingerprint density at radius 3 is 3.00 bits per heavy atom. The van der Waals surface area contributed by atoms with Crippen LogP contribution in [0.25, 0.3) is 0 Å². The van der Waals surface area contributed by atoms with Crippen molar-refractivity contribution in [3.05, 3.63) is 58.2 Å². The average molecular weight is 360 g/mol. The lowest BCUT2D eigenvalue weighted by atomic mass is 9.97. The second-order valence-electron chi connectivity index (χ2n) is 6.01. The Balaban J connectivity index is 1.52. The molecule has 4 heterocycles. The summed E-state index contributed by atoms with van der Waals surface area (Å²) in [6, 6.07) is 3.89. The molecule has 124 valence electrons. The fraction of sp³-hybridized carbons (Fsp3) is 0.353. The fourth-order valence-corrected chi connectivity index (χ4v) is 3.92. The molecular formula is C17H18ClN5S. The van der Waals surface area contributed by atoms with Gasteiger partial charge in [0.05, 0.1) is 22.8 Å². The summed E-state index contributed by atoms with van der Waals surface area (Å²) < 4.78 is 2.22. The fourth-order valence-electron chi connectivity index (χ4n) is 3.26. The van der Waals surface area contributed by atoms with Crippen LogP contribution < -0.4 is 4.90 Å². The van der Waals surface area contributed by atoms with E-state index >= 15 is 0 Å². The molecule has 0 spiro atoms. The Labute approximate surface area is 150 Å². The molecule has 3 aromatic heterocycles. The maximum absolute atomic E-state index is 5.95. The molecule has 0 radical (unpaired) electrons. The normalized spacial score (nSPS) is 18.0. The summed E-state index contributed by atoms with van der Waals surface area (Å²) in [6.45, 7) is 2.75. The number of piperidine rings is 1. The summed E-state index contributed by atoms with van der Waals surface area (Å²) in [5.41, 5.74) is 2.96. The zero-order valence-electron chi connectivity index (χ0n) is 13.2. The van der Waals surface area contributed by atoms with Crippen LogP contribution in [0, 0.1) is 0 Å². The molecule has 5 nitrogen and oxygen atoms in total. The van der Waals surface area contributed by atoms with Gasteiger partial charge in [0.2, 0.25) is 0 Å². The van der Waals surface area contributed by atoms with E-state index in [2.05, 4.69) is 29.8 Å². The van der Waals surface area contributed by atoms with Crippen molar-refractivity contribution in [2.24, 2.45) is 0 Å². The Kier molecular flexibility index (Phi) is 4.49. The second-order valence-corrected chi connectivity index (χ2v) is 7.17. The molecule has 0 amide bonds. The van der Waals surface area contributed by atoms with Crippen molar-refractivity contribution in [1.29, 1.82) is 0 Å². The predicted octanol–water partition coefficient (Wildman–Crippen LogP) is 3.82. The van der Waals surface area contributed by atoms with Gasteiger partial charge in [-0.2, -0.15) is 0 Å². The summed E-state index contributed by atoms with van der Waals surface area (Å²) in [4.78, 5) is 15.8. The first kappa shape index (κ1) is 15.6. The SMILES string of the molecule is Clc1ccc(N2CCCC(c3nccn3Cc3cscn3)C2)nc1. The number of aromatic nitrogens is 4. The number of anilines is 1. The number of thiazole rings is 1.